The molecule has 1 heterocycles. The molecule has 3 aromatic rings. The van der Waals surface area contributed by atoms with Crippen molar-refractivity contribution >= 4 is 45.5 Å². The molecule has 3 aromatic carbocycles. The van der Waals surface area contributed by atoms with E-state index >= 15 is 0 Å². The number of hydrogen-bond donors (Lipinski definition) is 2. The van der Waals surface area contributed by atoms with Crippen molar-refractivity contribution < 1.29 is 29.0 Å². The number of carbonyl (C=O) groups is 3. The number of carboxylic acid groups (broad SMARTS) is 1. The smallest absolute Gasteiger partial charge is 0.335 e. The van der Waals surface area contributed by atoms with Crippen LogP contribution in [-0.4, -0.2) is 29.5 Å². The second kappa shape index (κ2) is 10.4. The van der Waals surface area contributed by atoms with Crippen molar-refractivity contribution in [3.8, 4) is 11.5 Å². The Balaban J connectivity index is 1.60. The maximum absolute atomic E-state index is 12.9. The summed E-state index contributed by atoms with van der Waals surface area (Å²) in [6.45, 7) is 2.32. The lowest BCUT2D eigenvalue weighted by Crippen LogP contribution is -2.35. The Kier molecular flexibility index (Phi) is 7.17. The third kappa shape index (κ3) is 5.36. The molecule has 0 atom stereocenters. The highest BCUT2D eigenvalue weighted by molar-refractivity contribution is 9.10. The van der Waals surface area contributed by atoms with E-state index in [4.69, 9.17) is 9.47 Å². The molecule has 0 aromatic heterocycles. The second-order valence-electron chi connectivity index (χ2n) is 7.52. The van der Waals surface area contributed by atoms with Gasteiger partial charge in [0.25, 0.3) is 11.8 Å². The molecule has 1 saturated heterocycles. The number of aromatic carboxylic acids is 1. The normalized spacial score (nSPS) is 14.2. The number of hydrazine groups is 1. The summed E-state index contributed by atoms with van der Waals surface area (Å²) in [6.07, 6.45) is 1.49. The lowest BCUT2D eigenvalue weighted by atomic mass is 10.1. The van der Waals surface area contributed by atoms with Crippen LogP contribution in [0.4, 0.5) is 5.69 Å². The Hall–Kier alpha value is -4.11. The molecular weight excluding hydrogens is 516 g/mol. The lowest BCUT2D eigenvalue weighted by Gasteiger charge is -2.15. The molecule has 0 spiro atoms. The maximum atomic E-state index is 12.9. The van der Waals surface area contributed by atoms with Crippen LogP contribution in [0.5, 0.6) is 11.5 Å². The fraction of sp³-hybridized carbons (Fsp3) is 0.115. The van der Waals surface area contributed by atoms with Gasteiger partial charge in [-0.25, -0.2) is 9.80 Å². The van der Waals surface area contributed by atoms with Gasteiger partial charge in [-0.2, -0.15) is 0 Å². The zero-order chi connectivity index (χ0) is 24.9. The van der Waals surface area contributed by atoms with Crippen LogP contribution in [0, 0.1) is 0 Å². The Morgan fingerprint density at radius 1 is 1.03 bits per heavy atom. The minimum absolute atomic E-state index is 0.0174. The lowest BCUT2D eigenvalue weighted by molar-refractivity contribution is -0.117. The van der Waals surface area contributed by atoms with Crippen molar-refractivity contribution in [2.24, 2.45) is 0 Å². The van der Waals surface area contributed by atoms with Crippen molar-refractivity contribution in [1.82, 2.24) is 5.43 Å². The van der Waals surface area contributed by atoms with Gasteiger partial charge in [0.15, 0.2) is 11.5 Å². The number of carboxylic acids is 1. The Labute approximate surface area is 209 Å². The fourth-order valence-electron chi connectivity index (χ4n) is 3.47. The molecule has 2 amide bonds. The third-order valence-electron chi connectivity index (χ3n) is 5.14. The average Bonchev–Trinajstić information content (AvgIpc) is 3.14. The monoisotopic (exact) mass is 536 g/mol. The number of nitrogens with one attached hydrogen (secondary N) is 1. The topological polar surface area (TPSA) is 105 Å². The number of anilines is 1. The highest BCUT2D eigenvalue weighted by Gasteiger charge is 2.34. The summed E-state index contributed by atoms with van der Waals surface area (Å²) in [5, 5.41) is 10.4. The number of ether oxygens (including phenoxy) is 2. The Morgan fingerprint density at radius 3 is 2.49 bits per heavy atom. The molecule has 0 unspecified atom stereocenters. The van der Waals surface area contributed by atoms with Crippen LogP contribution < -0.4 is 19.9 Å². The summed E-state index contributed by atoms with van der Waals surface area (Å²) < 4.78 is 12.2. The van der Waals surface area contributed by atoms with E-state index in [2.05, 4.69) is 21.4 Å². The van der Waals surface area contributed by atoms with Crippen LogP contribution in [-0.2, 0) is 16.2 Å². The summed E-state index contributed by atoms with van der Waals surface area (Å²) in [5.74, 6) is -1.15. The highest BCUT2D eigenvalue weighted by atomic mass is 79.9. The number of amides is 2. The number of carbonyl (C=O) groups excluding carboxylic acids is 2. The number of nitrogens with zero attached hydrogens (tertiary/aromatic N) is 1. The predicted octanol–water partition coefficient (Wildman–Crippen LogP) is 4.59. The van der Waals surface area contributed by atoms with Crippen molar-refractivity contribution in [1.29, 1.82) is 0 Å². The molecule has 0 aliphatic carbocycles. The summed E-state index contributed by atoms with van der Waals surface area (Å²) >= 11 is 3.48. The van der Waals surface area contributed by atoms with Crippen LogP contribution in [0.1, 0.15) is 28.4 Å². The van der Waals surface area contributed by atoms with E-state index < -0.39 is 17.8 Å². The maximum Gasteiger partial charge on any atom is 0.335 e. The van der Waals surface area contributed by atoms with E-state index in [-0.39, 0.29) is 17.7 Å². The van der Waals surface area contributed by atoms with Gasteiger partial charge in [-0.1, -0.05) is 46.3 Å². The zero-order valence-corrected chi connectivity index (χ0v) is 20.2. The van der Waals surface area contributed by atoms with Crippen LogP contribution in [0.15, 0.2) is 76.8 Å². The minimum atomic E-state index is -1.02. The molecule has 1 fully saturated rings. The molecule has 8 nitrogen and oxygen atoms in total. The van der Waals surface area contributed by atoms with Crippen LogP contribution >= 0.6 is 15.9 Å². The number of benzene rings is 3. The average molecular weight is 537 g/mol. The summed E-state index contributed by atoms with van der Waals surface area (Å²) in [6, 6.07) is 18.7. The van der Waals surface area contributed by atoms with Gasteiger partial charge in [0.05, 0.1) is 17.9 Å². The first-order valence-corrected chi connectivity index (χ1v) is 11.5. The van der Waals surface area contributed by atoms with Crippen molar-refractivity contribution in [3.63, 3.8) is 0 Å². The van der Waals surface area contributed by atoms with Crippen LogP contribution in [0.2, 0.25) is 0 Å². The van der Waals surface area contributed by atoms with E-state index in [0.717, 1.165) is 0 Å². The number of halogens is 1. The van der Waals surface area contributed by atoms with Gasteiger partial charge >= 0.3 is 5.97 Å². The second-order valence-corrected chi connectivity index (χ2v) is 8.38. The van der Waals surface area contributed by atoms with Crippen molar-refractivity contribution in [2.45, 2.75) is 13.5 Å². The summed E-state index contributed by atoms with van der Waals surface area (Å²) in [7, 11) is 0. The number of rotatable bonds is 8. The van der Waals surface area contributed by atoms with Gasteiger partial charge in [0.1, 0.15) is 12.2 Å². The molecule has 2 N–H and O–H groups in total. The van der Waals surface area contributed by atoms with E-state index in [9.17, 15) is 19.5 Å². The molecule has 35 heavy (non-hydrogen) atoms. The van der Waals surface area contributed by atoms with Gasteiger partial charge in [0.2, 0.25) is 0 Å². The minimum Gasteiger partial charge on any atom is -0.490 e. The summed E-state index contributed by atoms with van der Waals surface area (Å²) in [4.78, 5) is 36.7. The van der Waals surface area contributed by atoms with E-state index in [1.165, 1.54) is 17.2 Å². The SMILES string of the molecule is CCOc1cc(/C=C2/C(=O)NN(c3ccccc3)C2=O)c(Br)cc1OCc1cccc(C(=O)O)c1. The highest BCUT2D eigenvalue weighted by Crippen LogP contribution is 2.36. The van der Waals surface area contributed by atoms with Crippen molar-refractivity contribution in [2.75, 3.05) is 11.6 Å². The molecule has 178 valence electrons. The first kappa shape index (κ1) is 24.0. The predicted molar refractivity (Wildman–Crippen MR) is 133 cm³/mol. The van der Waals surface area contributed by atoms with E-state index in [1.54, 1.807) is 54.6 Å². The first-order chi connectivity index (χ1) is 16.9. The molecule has 0 radical (unpaired) electrons. The van der Waals surface area contributed by atoms with Gasteiger partial charge in [-0.3, -0.25) is 15.0 Å². The molecule has 1 aliphatic heterocycles. The van der Waals surface area contributed by atoms with Gasteiger partial charge in [-0.15, -0.1) is 0 Å². The molecule has 0 saturated carbocycles. The molecule has 1 aliphatic rings. The van der Waals surface area contributed by atoms with E-state index in [0.29, 0.717) is 39.4 Å². The van der Waals surface area contributed by atoms with Crippen molar-refractivity contribution in [3.05, 3.63) is 93.5 Å². The number of para-hydroxylation sites is 1. The third-order valence-corrected chi connectivity index (χ3v) is 5.82. The number of hydrogen-bond acceptors (Lipinski definition) is 5. The van der Waals surface area contributed by atoms with Gasteiger partial charge < -0.3 is 14.6 Å². The fourth-order valence-corrected chi connectivity index (χ4v) is 3.91. The van der Waals surface area contributed by atoms with Crippen LogP contribution in [0.3, 0.4) is 0 Å². The largest absolute Gasteiger partial charge is 0.490 e. The molecule has 0 bridgehead atoms. The summed E-state index contributed by atoms with van der Waals surface area (Å²) in [5.41, 5.74) is 4.52. The Morgan fingerprint density at radius 2 is 1.77 bits per heavy atom. The first-order valence-electron chi connectivity index (χ1n) is 10.7. The van der Waals surface area contributed by atoms with Gasteiger partial charge in [-0.05, 0) is 60.5 Å². The van der Waals surface area contributed by atoms with Crippen LogP contribution in [0.25, 0.3) is 6.08 Å². The van der Waals surface area contributed by atoms with E-state index in [1.807, 2.05) is 13.0 Å². The molecule has 9 heteroatoms. The molecular formula is C26H21BrN2O6. The standard InChI is InChI=1S/C26H21BrN2O6/c1-2-34-22-13-18(12-20-24(30)28-29(25(20)31)19-9-4-3-5-10-19)21(27)14-23(22)35-15-16-7-6-8-17(11-16)26(32)33/h3-14H,2,15H2,1H3,(H,28,30)(H,32,33)/b20-12-. The molecule has 4 rings (SSSR count). The van der Waals surface area contributed by atoms with Gasteiger partial charge in [0, 0.05) is 4.47 Å². The quantitative estimate of drug-likeness (QED) is 0.322. The zero-order valence-electron chi connectivity index (χ0n) is 18.7. The Bertz CT molecular complexity index is 1320.